The Balaban J connectivity index is -0.0000000450. The quantitative estimate of drug-likeness (QED) is 0.294. The maximum atomic E-state index is 8.36. The summed E-state index contributed by atoms with van der Waals surface area (Å²) in [6.07, 6.45) is 0. The van der Waals surface area contributed by atoms with Crippen LogP contribution >= 0.6 is 0 Å². The smallest absolute Gasteiger partial charge is 0.291 e. The molecule has 0 radical (unpaired) electrons. The minimum atomic E-state index is -1.50. The first-order valence-electron chi connectivity index (χ1n) is 0.565. The van der Waals surface area contributed by atoms with Crippen molar-refractivity contribution in [1.82, 2.24) is 0 Å². The molecule has 0 bridgehead atoms. The Kier molecular flexibility index (Phi) is 25.1. The molecule has 5 nitrogen and oxygen atoms in total. The zero-order chi connectivity index (χ0) is 3.58. The molecule has 0 aliphatic heterocycles. The summed E-state index contributed by atoms with van der Waals surface area (Å²) >= 11 is 0. The van der Waals surface area contributed by atoms with E-state index >= 15 is 0 Å². The van der Waals surface area contributed by atoms with Crippen molar-refractivity contribution in [2.24, 2.45) is 0 Å². The predicted octanol–water partition coefficient (Wildman–Crippen LogP) is -1.17. The summed E-state index contributed by atoms with van der Waals surface area (Å²) in [7, 11) is 0. The topological polar surface area (TPSA) is 94.9 Å². The molecule has 42 valence electrons. The predicted molar refractivity (Wildman–Crippen MR) is 12.4 cm³/mol. The molecule has 0 atom stereocenters. The molecular formula is H3NO4Pd. The van der Waals surface area contributed by atoms with E-state index in [1.807, 2.05) is 0 Å². The summed E-state index contributed by atoms with van der Waals surface area (Å²) in [5.74, 6) is 0. The molecule has 0 aromatic rings. The maximum Gasteiger partial charge on any atom is 0.291 e. The molecule has 6 heteroatoms. The molecule has 0 aliphatic rings. The second-order valence-corrected chi connectivity index (χ2v) is 0.238. The van der Waals surface area contributed by atoms with Crippen molar-refractivity contribution in [2.75, 3.05) is 0 Å². The second-order valence-electron chi connectivity index (χ2n) is 0.238. The first kappa shape index (κ1) is 17.0. The van der Waals surface area contributed by atoms with Gasteiger partial charge in [0.05, 0.1) is 0 Å². The van der Waals surface area contributed by atoms with Crippen LogP contribution in [0, 0.1) is 10.1 Å². The fourth-order valence-corrected chi connectivity index (χ4v) is 0. The van der Waals surface area contributed by atoms with Gasteiger partial charge >= 0.3 is 0 Å². The van der Waals surface area contributed by atoms with Crippen molar-refractivity contribution in [1.29, 1.82) is 0 Å². The Morgan fingerprint density at radius 3 is 1.67 bits per heavy atom. The molecule has 0 saturated heterocycles. The second kappa shape index (κ2) is 8.84. The van der Waals surface area contributed by atoms with Crippen LogP contribution in [0.1, 0.15) is 0 Å². The van der Waals surface area contributed by atoms with E-state index in [-0.39, 0.29) is 25.9 Å². The van der Waals surface area contributed by atoms with Crippen LogP contribution < -0.4 is 0 Å². The minimum absolute atomic E-state index is 0. The number of hydrogen-bond donors (Lipinski definition) is 1. The van der Waals surface area contributed by atoms with Crippen molar-refractivity contribution in [3.8, 4) is 0 Å². The van der Waals surface area contributed by atoms with Gasteiger partial charge in [0.15, 0.2) is 0 Å². The average Bonchev–Trinajstić information content (AvgIpc) is 0.811. The van der Waals surface area contributed by atoms with Gasteiger partial charge < -0.3 is 10.7 Å². The van der Waals surface area contributed by atoms with Crippen molar-refractivity contribution < 1.29 is 36.2 Å². The largest absolute Gasteiger partial charge is 0.412 e. The molecule has 0 rings (SSSR count). The van der Waals surface area contributed by atoms with Gasteiger partial charge in [-0.3, -0.25) is 0 Å². The fraction of sp³-hybridized carbons (Fsp3) is 0. The Bertz CT molecular complexity index is 30.5. The standard InChI is InChI=1S/HNO3.H2O.Pd/c2-1(3)4;;/h(H,2,3,4);1H2;. The Labute approximate surface area is 47.0 Å². The van der Waals surface area contributed by atoms with Crippen LogP contribution in [-0.2, 0) is 20.4 Å². The molecule has 0 aromatic carbocycles. The zero-order valence-electron chi connectivity index (χ0n) is 2.53. The summed E-state index contributed by atoms with van der Waals surface area (Å²) in [4.78, 5) is 8.36. The summed E-state index contributed by atoms with van der Waals surface area (Å²) in [6, 6.07) is 0. The summed E-state index contributed by atoms with van der Waals surface area (Å²) in [5, 5.41) is 13.6. The van der Waals surface area contributed by atoms with Gasteiger partial charge in [0.25, 0.3) is 5.09 Å². The fourth-order valence-electron chi connectivity index (χ4n) is 0. The first-order chi connectivity index (χ1) is 1.73. The minimum Gasteiger partial charge on any atom is -0.412 e. The van der Waals surface area contributed by atoms with E-state index in [0.717, 1.165) is 0 Å². The average molecular weight is 187 g/mol. The van der Waals surface area contributed by atoms with Crippen LogP contribution in [0.25, 0.3) is 0 Å². The van der Waals surface area contributed by atoms with Gasteiger partial charge in [-0.15, -0.1) is 10.1 Å². The Morgan fingerprint density at radius 2 is 1.67 bits per heavy atom. The van der Waals surface area contributed by atoms with Gasteiger partial charge in [0, 0.05) is 20.4 Å². The molecule has 0 heterocycles. The number of nitrogens with zero attached hydrogens (tertiary/aromatic N) is 1. The molecular weight excluding hydrogens is 184 g/mol. The van der Waals surface area contributed by atoms with Crippen LogP contribution in [0.15, 0.2) is 0 Å². The zero-order valence-corrected chi connectivity index (χ0v) is 4.08. The van der Waals surface area contributed by atoms with E-state index in [2.05, 4.69) is 0 Å². The third-order valence-electron chi connectivity index (χ3n) is 0. The third-order valence-corrected chi connectivity index (χ3v) is 0. The molecule has 3 N–H and O–H groups in total. The van der Waals surface area contributed by atoms with Crippen LogP contribution in [0.3, 0.4) is 0 Å². The van der Waals surface area contributed by atoms with Crippen LogP contribution in [0.5, 0.6) is 0 Å². The number of rotatable bonds is 0. The van der Waals surface area contributed by atoms with Gasteiger partial charge in [-0.05, 0) is 0 Å². The molecule has 0 aromatic heterocycles. The van der Waals surface area contributed by atoms with Crippen molar-refractivity contribution in [3.05, 3.63) is 10.1 Å². The molecule has 0 spiro atoms. The maximum absolute atomic E-state index is 8.36. The van der Waals surface area contributed by atoms with E-state index in [9.17, 15) is 0 Å². The normalized spacial score (nSPS) is 4.00. The monoisotopic (exact) mass is 187 g/mol. The first-order valence-corrected chi connectivity index (χ1v) is 0.565. The van der Waals surface area contributed by atoms with Crippen LogP contribution in [0.4, 0.5) is 0 Å². The van der Waals surface area contributed by atoms with Crippen LogP contribution in [0.2, 0.25) is 0 Å². The Hall–Kier alpha value is -0.178. The summed E-state index contributed by atoms with van der Waals surface area (Å²) in [6.45, 7) is 0. The summed E-state index contributed by atoms with van der Waals surface area (Å²) in [5.41, 5.74) is 0. The molecule has 0 unspecified atom stereocenters. The van der Waals surface area contributed by atoms with E-state index in [4.69, 9.17) is 15.3 Å². The van der Waals surface area contributed by atoms with E-state index in [1.165, 1.54) is 0 Å². The third kappa shape index (κ3) is 965. The molecule has 0 fully saturated rings. The molecule has 0 aliphatic carbocycles. The van der Waals surface area contributed by atoms with E-state index in [0.29, 0.717) is 0 Å². The molecule has 6 heavy (non-hydrogen) atoms. The van der Waals surface area contributed by atoms with Gasteiger partial charge in [0.2, 0.25) is 0 Å². The van der Waals surface area contributed by atoms with Gasteiger partial charge in [-0.1, -0.05) is 0 Å². The molecule has 0 amide bonds. The van der Waals surface area contributed by atoms with Crippen LogP contribution in [-0.4, -0.2) is 15.8 Å². The van der Waals surface area contributed by atoms with Gasteiger partial charge in [-0.25, -0.2) is 0 Å². The van der Waals surface area contributed by atoms with E-state index in [1.54, 1.807) is 0 Å². The SMILES string of the molecule is O.O=[N+]([O-])O.[Pd]. The molecule has 0 saturated carbocycles. The van der Waals surface area contributed by atoms with Crippen molar-refractivity contribution in [2.45, 2.75) is 0 Å². The van der Waals surface area contributed by atoms with Gasteiger partial charge in [0.1, 0.15) is 0 Å². The number of hydrogen-bond acceptors (Lipinski definition) is 2. The van der Waals surface area contributed by atoms with Gasteiger partial charge in [-0.2, -0.15) is 0 Å². The van der Waals surface area contributed by atoms with Crippen molar-refractivity contribution in [3.63, 3.8) is 0 Å². The van der Waals surface area contributed by atoms with E-state index < -0.39 is 5.09 Å². The van der Waals surface area contributed by atoms with Crippen molar-refractivity contribution >= 4 is 0 Å². The summed E-state index contributed by atoms with van der Waals surface area (Å²) < 4.78 is 0. The Morgan fingerprint density at radius 1 is 1.67 bits per heavy atom.